The number of oxazole rings is 1. The van der Waals surface area contributed by atoms with Gasteiger partial charge in [-0.15, -0.1) is 0 Å². The third-order valence-corrected chi connectivity index (χ3v) is 4.87. The summed E-state index contributed by atoms with van der Waals surface area (Å²) in [6, 6.07) is 7.77. The summed E-state index contributed by atoms with van der Waals surface area (Å²) < 4.78 is 11.3. The molecule has 3 rings (SSSR count). The molecule has 0 radical (unpaired) electrons. The second-order valence-corrected chi connectivity index (χ2v) is 8.57. The largest absolute Gasteiger partial charge is 0.444 e. The maximum absolute atomic E-state index is 12.0. The van der Waals surface area contributed by atoms with E-state index in [1.807, 2.05) is 45.0 Å². The zero-order valence-corrected chi connectivity index (χ0v) is 17.5. The number of benzene rings is 1. The number of ether oxygens (including phenoxy) is 1. The normalized spacial score (nSPS) is 18.1. The van der Waals surface area contributed by atoms with Gasteiger partial charge in [-0.2, -0.15) is 0 Å². The number of alkyl carbamates (subject to hydrolysis) is 1. The third-order valence-electron chi connectivity index (χ3n) is 4.63. The fourth-order valence-electron chi connectivity index (χ4n) is 3.35. The summed E-state index contributed by atoms with van der Waals surface area (Å²) in [4.78, 5) is 18.7. The number of nitrogens with zero attached hydrogens (tertiary/aromatic N) is 2. The van der Waals surface area contributed by atoms with Crippen LogP contribution in [0.25, 0.3) is 11.3 Å². The first kappa shape index (κ1) is 20.7. The number of hydrogen-bond acceptors (Lipinski definition) is 5. The molecule has 7 heteroatoms. The number of piperidine rings is 1. The molecule has 1 unspecified atom stereocenters. The van der Waals surface area contributed by atoms with Gasteiger partial charge in [0.25, 0.3) is 0 Å². The highest BCUT2D eigenvalue weighted by molar-refractivity contribution is 6.30. The number of nitrogens with one attached hydrogen (secondary N) is 1. The minimum atomic E-state index is -0.495. The summed E-state index contributed by atoms with van der Waals surface area (Å²) in [6.07, 6.45) is 4.66. The van der Waals surface area contributed by atoms with Crippen LogP contribution in [0.2, 0.25) is 5.02 Å². The molecule has 2 aromatic rings. The summed E-state index contributed by atoms with van der Waals surface area (Å²) in [5.41, 5.74) is 0.415. The molecule has 1 aliphatic rings. The lowest BCUT2D eigenvalue weighted by molar-refractivity contribution is 0.0488. The Morgan fingerprint density at radius 1 is 1.39 bits per heavy atom. The SMILES string of the molecule is CC(C)(C)OC(=O)NCC1CCCCN1Cc1ncc(-c2cccc(Cl)c2)o1. The van der Waals surface area contributed by atoms with Gasteiger partial charge in [0.15, 0.2) is 5.76 Å². The van der Waals surface area contributed by atoms with Crippen LogP contribution < -0.4 is 5.32 Å². The lowest BCUT2D eigenvalue weighted by Gasteiger charge is -2.35. The van der Waals surface area contributed by atoms with Crippen LogP contribution in [0.5, 0.6) is 0 Å². The van der Waals surface area contributed by atoms with E-state index in [9.17, 15) is 4.79 Å². The molecule has 6 nitrogen and oxygen atoms in total. The van der Waals surface area contributed by atoms with E-state index in [1.54, 1.807) is 6.20 Å². The highest BCUT2D eigenvalue weighted by atomic mass is 35.5. The third kappa shape index (κ3) is 5.97. The van der Waals surface area contributed by atoms with Crippen molar-refractivity contribution in [2.45, 2.75) is 58.2 Å². The molecule has 1 saturated heterocycles. The molecule has 0 bridgehead atoms. The van der Waals surface area contributed by atoms with Crippen molar-refractivity contribution in [3.63, 3.8) is 0 Å². The van der Waals surface area contributed by atoms with E-state index >= 15 is 0 Å². The van der Waals surface area contributed by atoms with Gasteiger partial charge in [-0.25, -0.2) is 9.78 Å². The van der Waals surface area contributed by atoms with Gasteiger partial charge in [0.05, 0.1) is 12.7 Å². The second kappa shape index (κ2) is 8.97. The van der Waals surface area contributed by atoms with Crippen molar-refractivity contribution in [2.75, 3.05) is 13.1 Å². The number of carbonyl (C=O) groups excluding carboxylic acids is 1. The van der Waals surface area contributed by atoms with Gasteiger partial charge in [-0.05, 0) is 52.3 Å². The van der Waals surface area contributed by atoms with Gasteiger partial charge in [0.2, 0.25) is 5.89 Å². The van der Waals surface area contributed by atoms with Crippen LogP contribution >= 0.6 is 11.6 Å². The molecule has 1 aromatic carbocycles. The van der Waals surface area contributed by atoms with E-state index in [4.69, 9.17) is 20.8 Å². The fraction of sp³-hybridized carbons (Fsp3) is 0.524. The molecule has 1 fully saturated rings. The lowest BCUT2D eigenvalue weighted by Crippen LogP contribution is -2.47. The van der Waals surface area contributed by atoms with Gasteiger partial charge in [-0.3, -0.25) is 4.90 Å². The molecule has 1 atom stereocenters. The molecule has 152 valence electrons. The van der Waals surface area contributed by atoms with Crippen molar-refractivity contribution in [3.8, 4) is 11.3 Å². The maximum Gasteiger partial charge on any atom is 0.407 e. The van der Waals surface area contributed by atoms with Crippen LogP contribution in [-0.2, 0) is 11.3 Å². The molecule has 0 spiro atoms. The van der Waals surface area contributed by atoms with Crippen molar-refractivity contribution in [3.05, 3.63) is 41.4 Å². The fourth-order valence-corrected chi connectivity index (χ4v) is 3.54. The number of hydrogen-bond donors (Lipinski definition) is 1. The maximum atomic E-state index is 12.0. The zero-order chi connectivity index (χ0) is 20.1. The number of amides is 1. The molecular formula is C21H28ClN3O3. The molecule has 1 N–H and O–H groups in total. The monoisotopic (exact) mass is 405 g/mol. The predicted octanol–water partition coefficient (Wildman–Crippen LogP) is 4.87. The lowest BCUT2D eigenvalue weighted by atomic mass is 10.0. The standard InChI is InChI=1S/C21H28ClN3O3/c1-21(2,3)28-20(26)24-12-17-9-4-5-10-25(17)14-19-23-13-18(27-19)15-7-6-8-16(22)11-15/h6-8,11,13,17H,4-5,9-10,12,14H2,1-3H3,(H,24,26). The van der Waals surface area contributed by atoms with Crippen LogP contribution in [-0.4, -0.2) is 40.7 Å². The first-order chi connectivity index (χ1) is 13.3. The number of rotatable bonds is 5. The Kier molecular flexibility index (Phi) is 6.62. The van der Waals surface area contributed by atoms with E-state index < -0.39 is 5.60 Å². The summed E-state index contributed by atoms with van der Waals surface area (Å²) in [6.45, 7) is 7.70. The number of halogens is 1. The molecular weight excluding hydrogens is 378 g/mol. The number of carbonyl (C=O) groups is 1. The molecule has 0 aliphatic carbocycles. The van der Waals surface area contributed by atoms with E-state index in [0.717, 1.165) is 31.4 Å². The first-order valence-corrected chi connectivity index (χ1v) is 10.1. The molecule has 1 amide bonds. The minimum absolute atomic E-state index is 0.239. The van der Waals surface area contributed by atoms with Crippen LogP contribution in [0.15, 0.2) is 34.9 Å². The quantitative estimate of drug-likeness (QED) is 0.768. The van der Waals surface area contributed by atoms with Crippen molar-refractivity contribution in [1.29, 1.82) is 0 Å². The Bertz CT molecular complexity index is 800. The second-order valence-electron chi connectivity index (χ2n) is 8.13. The van der Waals surface area contributed by atoms with Crippen LogP contribution in [0, 0.1) is 0 Å². The van der Waals surface area contributed by atoms with Crippen LogP contribution in [0.4, 0.5) is 4.79 Å². The highest BCUT2D eigenvalue weighted by Gasteiger charge is 2.25. The highest BCUT2D eigenvalue weighted by Crippen LogP contribution is 2.25. The minimum Gasteiger partial charge on any atom is -0.444 e. The topological polar surface area (TPSA) is 67.6 Å². The summed E-state index contributed by atoms with van der Waals surface area (Å²) in [5.74, 6) is 1.37. The Morgan fingerprint density at radius 3 is 2.96 bits per heavy atom. The number of likely N-dealkylation sites (tertiary alicyclic amines) is 1. The smallest absolute Gasteiger partial charge is 0.407 e. The average Bonchev–Trinajstić information content (AvgIpc) is 3.08. The molecule has 28 heavy (non-hydrogen) atoms. The van der Waals surface area contributed by atoms with E-state index in [2.05, 4.69) is 15.2 Å². The molecule has 0 saturated carbocycles. The van der Waals surface area contributed by atoms with E-state index in [0.29, 0.717) is 29.8 Å². The van der Waals surface area contributed by atoms with Gasteiger partial charge < -0.3 is 14.5 Å². The molecule has 1 aromatic heterocycles. The van der Waals surface area contributed by atoms with Gasteiger partial charge in [0.1, 0.15) is 5.60 Å². The van der Waals surface area contributed by atoms with Crippen molar-refractivity contribution < 1.29 is 13.9 Å². The van der Waals surface area contributed by atoms with Crippen LogP contribution in [0.1, 0.15) is 45.9 Å². The van der Waals surface area contributed by atoms with Gasteiger partial charge >= 0.3 is 6.09 Å². The molecule has 2 heterocycles. The van der Waals surface area contributed by atoms with Crippen molar-refractivity contribution in [1.82, 2.24) is 15.2 Å². The van der Waals surface area contributed by atoms with Crippen LogP contribution in [0.3, 0.4) is 0 Å². The zero-order valence-electron chi connectivity index (χ0n) is 16.7. The van der Waals surface area contributed by atoms with Crippen molar-refractivity contribution in [2.24, 2.45) is 0 Å². The predicted molar refractivity (Wildman–Crippen MR) is 109 cm³/mol. The Morgan fingerprint density at radius 2 is 2.21 bits per heavy atom. The Hall–Kier alpha value is -2.05. The summed E-state index contributed by atoms with van der Waals surface area (Å²) >= 11 is 6.06. The van der Waals surface area contributed by atoms with Crippen molar-refractivity contribution >= 4 is 17.7 Å². The number of aromatic nitrogens is 1. The molecule has 1 aliphatic heterocycles. The van der Waals surface area contributed by atoms with E-state index in [-0.39, 0.29) is 12.1 Å². The van der Waals surface area contributed by atoms with Gasteiger partial charge in [0, 0.05) is 23.2 Å². The Labute approximate surface area is 171 Å². The van der Waals surface area contributed by atoms with E-state index in [1.165, 1.54) is 0 Å². The average molecular weight is 406 g/mol. The Balaban J connectivity index is 1.59. The van der Waals surface area contributed by atoms with Gasteiger partial charge in [-0.1, -0.05) is 30.2 Å². The first-order valence-electron chi connectivity index (χ1n) is 9.72. The summed E-state index contributed by atoms with van der Waals surface area (Å²) in [7, 11) is 0. The summed E-state index contributed by atoms with van der Waals surface area (Å²) in [5, 5.41) is 3.56.